The van der Waals surface area contributed by atoms with E-state index in [-0.39, 0.29) is 30.4 Å². The van der Waals surface area contributed by atoms with Crippen LogP contribution in [0.25, 0.3) is 0 Å². The number of ether oxygens (including phenoxy) is 1. The summed E-state index contributed by atoms with van der Waals surface area (Å²) in [5.41, 5.74) is 0.891. The highest BCUT2D eigenvalue weighted by Crippen LogP contribution is 2.01. The van der Waals surface area contributed by atoms with E-state index in [9.17, 15) is 9.59 Å². The predicted molar refractivity (Wildman–Crippen MR) is 57.0 cm³/mol. The Morgan fingerprint density at radius 3 is 2.44 bits per heavy atom. The van der Waals surface area contributed by atoms with E-state index in [1.54, 1.807) is 19.3 Å². The van der Waals surface area contributed by atoms with Crippen LogP contribution in [0, 0.1) is 6.92 Å². The fourth-order valence-electron chi connectivity index (χ4n) is 1.10. The molecule has 0 amide bonds. The highest BCUT2D eigenvalue weighted by Gasteiger charge is 2.11. The van der Waals surface area contributed by atoms with E-state index in [1.807, 2.05) is 6.92 Å². The third-order valence-electron chi connectivity index (χ3n) is 1.89. The number of rotatable bonds is 5. The molecule has 1 rings (SSSR count). The van der Waals surface area contributed by atoms with Crippen LogP contribution in [-0.4, -0.2) is 28.3 Å². The number of hydrogen-bond acceptors (Lipinski definition) is 5. The lowest BCUT2D eigenvalue weighted by Gasteiger charge is -2.00. The summed E-state index contributed by atoms with van der Waals surface area (Å²) in [7, 11) is 0. The second-order valence-corrected chi connectivity index (χ2v) is 3.31. The zero-order valence-electron chi connectivity index (χ0n) is 9.40. The van der Waals surface area contributed by atoms with Crippen molar-refractivity contribution >= 4 is 11.8 Å². The fourth-order valence-corrected chi connectivity index (χ4v) is 1.10. The second kappa shape index (κ2) is 5.95. The van der Waals surface area contributed by atoms with Crippen LogP contribution >= 0.6 is 0 Å². The van der Waals surface area contributed by atoms with Crippen LogP contribution < -0.4 is 0 Å². The minimum Gasteiger partial charge on any atom is -0.466 e. The lowest BCUT2D eigenvalue weighted by molar-refractivity contribution is -0.143. The van der Waals surface area contributed by atoms with Gasteiger partial charge in [0.2, 0.25) is 5.78 Å². The number of Topliss-reactive ketones (excluding diaryl/α,β-unsaturated/α-hetero) is 1. The molecule has 5 heteroatoms. The summed E-state index contributed by atoms with van der Waals surface area (Å²) in [6.45, 7) is 3.89. The van der Waals surface area contributed by atoms with Crippen molar-refractivity contribution < 1.29 is 14.3 Å². The number of carbonyl (C=O) groups excluding carboxylic acids is 2. The number of ketones is 1. The molecule has 0 aliphatic heterocycles. The molecule has 0 fully saturated rings. The minimum absolute atomic E-state index is 0.0733. The summed E-state index contributed by atoms with van der Waals surface area (Å²) < 4.78 is 4.72. The van der Waals surface area contributed by atoms with E-state index in [4.69, 9.17) is 4.74 Å². The minimum atomic E-state index is -0.372. The van der Waals surface area contributed by atoms with Crippen molar-refractivity contribution in [3.8, 4) is 0 Å². The molecule has 0 saturated heterocycles. The SMILES string of the molecule is CCOC(=O)CCC(=O)c1ncc(C)cn1. The Morgan fingerprint density at radius 2 is 1.88 bits per heavy atom. The molecule has 0 atom stereocenters. The van der Waals surface area contributed by atoms with Gasteiger partial charge in [0.15, 0.2) is 5.82 Å². The molecule has 0 saturated carbocycles. The lowest BCUT2D eigenvalue weighted by atomic mass is 10.2. The van der Waals surface area contributed by atoms with Crippen LogP contribution in [0.1, 0.15) is 35.9 Å². The predicted octanol–water partition coefficient (Wildman–Crippen LogP) is 1.31. The van der Waals surface area contributed by atoms with Gasteiger partial charge in [-0.15, -0.1) is 0 Å². The smallest absolute Gasteiger partial charge is 0.306 e. The lowest BCUT2D eigenvalue weighted by Crippen LogP contribution is -2.10. The van der Waals surface area contributed by atoms with Gasteiger partial charge in [-0.05, 0) is 19.4 Å². The van der Waals surface area contributed by atoms with Gasteiger partial charge in [-0.1, -0.05) is 0 Å². The molecular formula is C11H14N2O3. The summed E-state index contributed by atoms with van der Waals surface area (Å²) in [5, 5.41) is 0. The van der Waals surface area contributed by atoms with Crippen molar-refractivity contribution in [2.24, 2.45) is 0 Å². The van der Waals surface area contributed by atoms with Crippen molar-refractivity contribution in [1.82, 2.24) is 9.97 Å². The number of carbonyl (C=O) groups is 2. The van der Waals surface area contributed by atoms with Gasteiger partial charge in [-0.3, -0.25) is 9.59 Å². The molecule has 5 nitrogen and oxygen atoms in total. The van der Waals surface area contributed by atoms with Crippen LogP contribution in [0.3, 0.4) is 0 Å². The van der Waals surface area contributed by atoms with Gasteiger partial charge < -0.3 is 4.74 Å². The second-order valence-electron chi connectivity index (χ2n) is 3.31. The zero-order valence-corrected chi connectivity index (χ0v) is 9.40. The van der Waals surface area contributed by atoms with Gasteiger partial charge in [-0.25, -0.2) is 9.97 Å². The molecule has 0 aliphatic rings. The summed E-state index contributed by atoms with van der Waals surface area (Å²) in [6, 6.07) is 0. The number of aromatic nitrogens is 2. The van der Waals surface area contributed by atoms with Crippen LogP contribution in [-0.2, 0) is 9.53 Å². The van der Waals surface area contributed by atoms with Gasteiger partial charge in [0.05, 0.1) is 13.0 Å². The Kier molecular flexibility index (Phi) is 4.57. The first-order chi connectivity index (χ1) is 7.63. The largest absolute Gasteiger partial charge is 0.466 e. The first-order valence-electron chi connectivity index (χ1n) is 5.11. The topological polar surface area (TPSA) is 69.2 Å². The van der Waals surface area contributed by atoms with Crippen molar-refractivity contribution in [3.63, 3.8) is 0 Å². The van der Waals surface area contributed by atoms with E-state index >= 15 is 0 Å². The Balaban J connectivity index is 2.47. The van der Waals surface area contributed by atoms with Crippen molar-refractivity contribution in [3.05, 3.63) is 23.8 Å². The zero-order chi connectivity index (χ0) is 12.0. The van der Waals surface area contributed by atoms with Crippen molar-refractivity contribution in [2.45, 2.75) is 26.7 Å². The summed E-state index contributed by atoms with van der Waals surface area (Å²) in [5.74, 6) is -0.467. The standard InChI is InChI=1S/C11H14N2O3/c1-3-16-10(15)5-4-9(14)11-12-6-8(2)7-13-11/h6-7H,3-5H2,1-2H3. The molecule has 0 unspecified atom stereocenters. The van der Waals surface area contributed by atoms with Crippen LogP contribution in [0.4, 0.5) is 0 Å². The van der Waals surface area contributed by atoms with E-state index in [0.717, 1.165) is 5.56 Å². The molecule has 0 aromatic carbocycles. The first-order valence-corrected chi connectivity index (χ1v) is 5.11. The van der Waals surface area contributed by atoms with E-state index in [2.05, 4.69) is 9.97 Å². The van der Waals surface area contributed by atoms with Crippen molar-refractivity contribution in [2.75, 3.05) is 6.61 Å². The number of aryl methyl sites for hydroxylation is 1. The Hall–Kier alpha value is -1.78. The average molecular weight is 222 g/mol. The molecule has 0 radical (unpaired) electrons. The molecule has 0 aliphatic carbocycles. The number of esters is 1. The Morgan fingerprint density at radius 1 is 1.25 bits per heavy atom. The fraction of sp³-hybridized carbons (Fsp3) is 0.455. The summed E-state index contributed by atoms with van der Waals surface area (Å²) >= 11 is 0. The van der Waals surface area contributed by atoms with E-state index < -0.39 is 0 Å². The number of nitrogens with zero attached hydrogens (tertiary/aromatic N) is 2. The van der Waals surface area contributed by atoms with Gasteiger partial charge in [0.1, 0.15) is 0 Å². The average Bonchev–Trinajstić information content (AvgIpc) is 2.27. The third-order valence-corrected chi connectivity index (χ3v) is 1.89. The van der Waals surface area contributed by atoms with Crippen LogP contribution in [0.2, 0.25) is 0 Å². The number of hydrogen-bond donors (Lipinski definition) is 0. The molecule has 1 heterocycles. The van der Waals surface area contributed by atoms with E-state index in [1.165, 1.54) is 0 Å². The molecule has 0 N–H and O–H groups in total. The maximum absolute atomic E-state index is 11.5. The maximum Gasteiger partial charge on any atom is 0.306 e. The Bertz CT molecular complexity index is 373. The van der Waals surface area contributed by atoms with Crippen LogP contribution in [0.5, 0.6) is 0 Å². The highest BCUT2D eigenvalue weighted by atomic mass is 16.5. The monoisotopic (exact) mass is 222 g/mol. The quantitative estimate of drug-likeness (QED) is 0.555. The molecule has 86 valence electrons. The highest BCUT2D eigenvalue weighted by molar-refractivity contribution is 5.94. The van der Waals surface area contributed by atoms with Gasteiger partial charge in [0.25, 0.3) is 0 Å². The molecule has 1 aromatic rings. The van der Waals surface area contributed by atoms with Crippen LogP contribution in [0.15, 0.2) is 12.4 Å². The van der Waals surface area contributed by atoms with Gasteiger partial charge in [0, 0.05) is 18.8 Å². The normalized spacial score (nSPS) is 9.88. The molecule has 1 aromatic heterocycles. The van der Waals surface area contributed by atoms with Gasteiger partial charge in [-0.2, -0.15) is 0 Å². The molecule has 0 bridgehead atoms. The summed E-state index contributed by atoms with van der Waals surface area (Å²) in [6.07, 6.45) is 3.31. The summed E-state index contributed by atoms with van der Waals surface area (Å²) in [4.78, 5) is 30.3. The van der Waals surface area contributed by atoms with Gasteiger partial charge >= 0.3 is 5.97 Å². The first kappa shape index (κ1) is 12.3. The molecular weight excluding hydrogens is 208 g/mol. The van der Waals surface area contributed by atoms with Crippen molar-refractivity contribution in [1.29, 1.82) is 0 Å². The molecule has 0 spiro atoms. The van der Waals surface area contributed by atoms with E-state index in [0.29, 0.717) is 6.61 Å². The third kappa shape index (κ3) is 3.76. The molecule has 16 heavy (non-hydrogen) atoms. The maximum atomic E-state index is 11.5. The Labute approximate surface area is 93.9 Å².